The first kappa shape index (κ1) is 17.6. The third-order valence-electron chi connectivity index (χ3n) is 3.97. The lowest BCUT2D eigenvalue weighted by atomic mass is 10.1. The fourth-order valence-electron chi connectivity index (χ4n) is 2.54. The normalized spacial score (nSPS) is 20.8. The van der Waals surface area contributed by atoms with Crippen molar-refractivity contribution in [1.82, 2.24) is 0 Å². The molecule has 1 saturated heterocycles. The first-order valence-corrected chi connectivity index (χ1v) is 8.85. The molecule has 2 atom stereocenters. The Morgan fingerprint density at radius 2 is 1.50 bits per heavy atom. The van der Waals surface area contributed by atoms with E-state index < -0.39 is 0 Å². The van der Waals surface area contributed by atoms with Gasteiger partial charge in [-0.15, -0.1) is 11.8 Å². The van der Waals surface area contributed by atoms with Gasteiger partial charge in [0, 0.05) is 12.8 Å². The van der Waals surface area contributed by atoms with Crippen LogP contribution in [-0.2, 0) is 4.74 Å². The Kier molecular flexibility index (Phi) is 9.85. The highest BCUT2D eigenvalue weighted by Crippen LogP contribution is 2.29. The molecule has 0 aromatic rings. The first-order valence-electron chi connectivity index (χ1n) is 8.85. The molecule has 0 N–H and O–H groups in total. The fourth-order valence-corrected chi connectivity index (χ4v) is 2.54. The van der Waals surface area contributed by atoms with Gasteiger partial charge in [0.2, 0.25) is 0 Å². The number of epoxide rings is 1. The molecule has 116 valence electrons. The molecule has 0 radical (unpaired) electrons. The van der Waals surface area contributed by atoms with Crippen LogP contribution < -0.4 is 0 Å². The second-order valence-electron chi connectivity index (χ2n) is 6.63. The van der Waals surface area contributed by atoms with E-state index >= 15 is 0 Å². The lowest BCUT2D eigenvalue weighted by molar-refractivity contribution is 0.359. The topological polar surface area (TPSA) is 12.5 Å². The van der Waals surface area contributed by atoms with Crippen molar-refractivity contribution in [3.8, 4) is 11.8 Å². The number of rotatable bonds is 11. The Morgan fingerprint density at radius 3 is 2.15 bits per heavy atom. The minimum Gasteiger partial charge on any atom is -0.369 e. The number of unbranched alkanes of at least 4 members (excludes halogenated alkanes) is 7. The summed E-state index contributed by atoms with van der Waals surface area (Å²) in [5, 5.41) is 0. The molecule has 0 aromatic heterocycles. The molecule has 0 spiro atoms. The van der Waals surface area contributed by atoms with Gasteiger partial charge >= 0.3 is 0 Å². The molecule has 0 amide bonds. The second-order valence-corrected chi connectivity index (χ2v) is 6.63. The van der Waals surface area contributed by atoms with Crippen LogP contribution in [0.25, 0.3) is 0 Å². The van der Waals surface area contributed by atoms with Gasteiger partial charge in [-0.3, -0.25) is 0 Å². The first-order chi connectivity index (χ1) is 9.74. The van der Waals surface area contributed by atoms with Crippen molar-refractivity contribution in [1.29, 1.82) is 0 Å². The predicted molar refractivity (Wildman–Crippen MR) is 87.7 cm³/mol. The van der Waals surface area contributed by atoms with E-state index in [2.05, 4.69) is 32.6 Å². The summed E-state index contributed by atoms with van der Waals surface area (Å²) in [6.07, 6.45) is 15.4. The zero-order chi connectivity index (χ0) is 14.6. The van der Waals surface area contributed by atoms with E-state index in [-0.39, 0.29) is 0 Å². The Labute approximate surface area is 126 Å². The van der Waals surface area contributed by atoms with E-state index in [0.29, 0.717) is 18.1 Å². The van der Waals surface area contributed by atoms with Gasteiger partial charge < -0.3 is 4.74 Å². The lowest BCUT2D eigenvalue weighted by Crippen LogP contribution is -1.93. The third-order valence-corrected chi connectivity index (χ3v) is 3.97. The number of hydrogen-bond acceptors (Lipinski definition) is 1. The molecule has 20 heavy (non-hydrogen) atoms. The van der Waals surface area contributed by atoms with Crippen molar-refractivity contribution < 1.29 is 4.74 Å². The zero-order valence-corrected chi connectivity index (χ0v) is 13.9. The van der Waals surface area contributed by atoms with Crippen LogP contribution in [0.3, 0.4) is 0 Å². The highest BCUT2D eigenvalue weighted by atomic mass is 16.6. The molecule has 0 aromatic carbocycles. The summed E-state index contributed by atoms with van der Waals surface area (Å²) in [4.78, 5) is 0. The fraction of sp³-hybridized carbons (Fsp3) is 0.895. The summed E-state index contributed by atoms with van der Waals surface area (Å²) in [7, 11) is 0. The van der Waals surface area contributed by atoms with Crippen LogP contribution in [0.5, 0.6) is 0 Å². The van der Waals surface area contributed by atoms with Gasteiger partial charge in [-0.1, -0.05) is 72.1 Å². The molecule has 1 aliphatic heterocycles. The van der Waals surface area contributed by atoms with E-state index in [9.17, 15) is 0 Å². The van der Waals surface area contributed by atoms with Crippen LogP contribution in [0, 0.1) is 17.8 Å². The largest absolute Gasteiger partial charge is 0.369 e. The van der Waals surface area contributed by atoms with Crippen LogP contribution >= 0.6 is 0 Å². The van der Waals surface area contributed by atoms with Gasteiger partial charge in [0.1, 0.15) is 0 Å². The summed E-state index contributed by atoms with van der Waals surface area (Å²) in [5.74, 6) is 7.20. The Bertz CT molecular complexity index is 284. The highest BCUT2D eigenvalue weighted by molar-refractivity contribution is 5.04. The zero-order valence-electron chi connectivity index (χ0n) is 13.9. The van der Waals surface area contributed by atoms with Crippen LogP contribution in [-0.4, -0.2) is 12.2 Å². The lowest BCUT2D eigenvalue weighted by Gasteiger charge is -2.00. The molecule has 1 rings (SSSR count). The van der Waals surface area contributed by atoms with Crippen molar-refractivity contribution in [2.75, 3.05) is 0 Å². The maximum absolute atomic E-state index is 5.68. The average molecular weight is 278 g/mol. The average Bonchev–Trinajstić information content (AvgIpc) is 3.16. The highest BCUT2D eigenvalue weighted by Gasteiger charge is 2.36. The van der Waals surface area contributed by atoms with E-state index in [0.717, 1.165) is 12.8 Å². The van der Waals surface area contributed by atoms with E-state index in [1.165, 1.54) is 57.8 Å². The van der Waals surface area contributed by atoms with Crippen molar-refractivity contribution >= 4 is 0 Å². The maximum Gasteiger partial charge on any atom is 0.0950 e. The third kappa shape index (κ3) is 9.43. The van der Waals surface area contributed by atoms with Crippen molar-refractivity contribution in [2.24, 2.45) is 5.92 Å². The molecule has 1 heteroatoms. The SMILES string of the molecule is CCCCCCCCCC[C@H]1O[C@H]1CC#CCC(C)C. The van der Waals surface area contributed by atoms with Gasteiger partial charge in [0.25, 0.3) is 0 Å². The van der Waals surface area contributed by atoms with Crippen LogP contribution in [0.4, 0.5) is 0 Å². The van der Waals surface area contributed by atoms with Gasteiger partial charge in [-0.05, 0) is 12.3 Å². The summed E-state index contributed by atoms with van der Waals surface area (Å²) >= 11 is 0. The van der Waals surface area contributed by atoms with E-state index in [1.807, 2.05) is 0 Å². The number of hydrogen-bond donors (Lipinski definition) is 0. The summed E-state index contributed by atoms with van der Waals surface area (Å²) in [6, 6.07) is 0. The molecular weight excluding hydrogens is 244 g/mol. The molecule has 0 unspecified atom stereocenters. The van der Waals surface area contributed by atoms with E-state index in [1.54, 1.807) is 0 Å². The molecule has 0 bridgehead atoms. The summed E-state index contributed by atoms with van der Waals surface area (Å²) < 4.78 is 5.68. The summed E-state index contributed by atoms with van der Waals surface area (Å²) in [6.45, 7) is 6.71. The molecule has 1 fully saturated rings. The Morgan fingerprint density at radius 1 is 0.850 bits per heavy atom. The smallest absolute Gasteiger partial charge is 0.0950 e. The molecule has 0 saturated carbocycles. The maximum atomic E-state index is 5.68. The van der Waals surface area contributed by atoms with Gasteiger partial charge in [-0.2, -0.15) is 0 Å². The molecular formula is C19H34O. The molecule has 1 aliphatic rings. The second kappa shape index (κ2) is 11.2. The van der Waals surface area contributed by atoms with Crippen LogP contribution in [0.1, 0.15) is 91.4 Å². The Hall–Kier alpha value is -0.480. The monoisotopic (exact) mass is 278 g/mol. The standard InChI is InChI=1S/C19H34O/c1-4-5-6-7-8-9-10-11-15-18-19(20-18)16-13-12-14-17(2)3/h17-19H,4-11,14-16H2,1-3H3/t18-,19+/m1/s1. The Balaban J connectivity index is 1.84. The van der Waals surface area contributed by atoms with E-state index in [4.69, 9.17) is 4.74 Å². The van der Waals surface area contributed by atoms with Crippen molar-refractivity contribution in [3.63, 3.8) is 0 Å². The van der Waals surface area contributed by atoms with Gasteiger partial charge in [0.05, 0.1) is 12.2 Å². The molecule has 0 aliphatic carbocycles. The molecule has 1 heterocycles. The van der Waals surface area contributed by atoms with Gasteiger partial charge in [-0.25, -0.2) is 0 Å². The predicted octanol–water partition coefficient (Wildman–Crippen LogP) is 5.72. The van der Waals surface area contributed by atoms with Crippen LogP contribution in [0.2, 0.25) is 0 Å². The quantitative estimate of drug-likeness (QED) is 0.267. The minimum atomic E-state index is 0.458. The van der Waals surface area contributed by atoms with Crippen molar-refractivity contribution in [3.05, 3.63) is 0 Å². The van der Waals surface area contributed by atoms with Gasteiger partial charge in [0.15, 0.2) is 0 Å². The summed E-state index contributed by atoms with van der Waals surface area (Å²) in [5.41, 5.74) is 0. The molecule has 1 nitrogen and oxygen atoms in total. The minimum absolute atomic E-state index is 0.458. The van der Waals surface area contributed by atoms with Crippen molar-refractivity contribution in [2.45, 2.75) is 104 Å². The van der Waals surface area contributed by atoms with Crippen LogP contribution in [0.15, 0.2) is 0 Å². The number of ether oxygens (including phenoxy) is 1.